The Morgan fingerprint density at radius 3 is 2.70 bits per heavy atom. The van der Waals surface area contributed by atoms with Crippen molar-refractivity contribution in [3.63, 3.8) is 0 Å². The van der Waals surface area contributed by atoms with Gasteiger partial charge in [-0.3, -0.25) is 0 Å². The van der Waals surface area contributed by atoms with Crippen molar-refractivity contribution in [2.75, 3.05) is 19.6 Å². The van der Waals surface area contributed by atoms with Crippen molar-refractivity contribution in [2.45, 2.75) is 32.3 Å². The van der Waals surface area contributed by atoms with Crippen LogP contribution in [0.4, 0.5) is 0 Å². The second-order valence-corrected chi connectivity index (χ2v) is 3.52. The average Bonchev–Trinajstić information content (AvgIpc) is 2.12. The van der Waals surface area contributed by atoms with Gasteiger partial charge in [0.05, 0.1) is 5.60 Å². The van der Waals surface area contributed by atoms with E-state index in [-0.39, 0.29) is 0 Å². The number of hydrogen-bond donors (Lipinski definition) is 1. The van der Waals surface area contributed by atoms with Crippen LogP contribution in [0.2, 0.25) is 0 Å². The fourth-order valence-corrected chi connectivity index (χ4v) is 1.55. The molecule has 60 valence electrons. The van der Waals surface area contributed by atoms with E-state index in [0.29, 0.717) is 0 Å². The van der Waals surface area contributed by atoms with Gasteiger partial charge < -0.3 is 10.0 Å². The molecule has 0 bridgehead atoms. The number of nitrogens with zero attached hydrogens (tertiary/aromatic N) is 1. The summed E-state index contributed by atoms with van der Waals surface area (Å²) in [5.74, 6) is 0. The van der Waals surface area contributed by atoms with Crippen molar-refractivity contribution >= 4 is 0 Å². The normalized spacial score (nSPS) is 35.1. The largest absolute Gasteiger partial charge is 0.389 e. The van der Waals surface area contributed by atoms with Crippen LogP contribution >= 0.6 is 0 Å². The minimum absolute atomic E-state index is 0.408. The summed E-state index contributed by atoms with van der Waals surface area (Å²) in [4.78, 5) is 2.32. The zero-order chi connectivity index (χ0) is 7.61. The average molecular weight is 143 g/mol. The lowest BCUT2D eigenvalue weighted by molar-refractivity contribution is 0.0688. The summed E-state index contributed by atoms with van der Waals surface area (Å²) in [5, 5.41) is 9.55. The fraction of sp³-hybridized carbons (Fsp3) is 1.00. The molecule has 1 atom stereocenters. The van der Waals surface area contributed by atoms with E-state index < -0.39 is 5.60 Å². The number of likely N-dealkylation sites (tertiary alicyclic amines) is 1. The van der Waals surface area contributed by atoms with E-state index in [9.17, 15) is 5.11 Å². The predicted octanol–water partition coefficient (Wildman–Crippen LogP) is 0.853. The number of β-amino-alcohol motifs (C(OH)–C–C–N with tert-alkyl or cyclic N) is 1. The summed E-state index contributed by atoms with van der Waals surface area (Å²) >= 11 is 0. The van der Waals surface area contributed by atoms with Crippen molar-refractivity contribution in [3.05, 3.63) is 0 Å². The van der Waals surface area contributed by atoms with Crippen LogP contribution in [-0.4, -0.2) is 35.2 Å². The molecule has 0 saturated carbocycles. The molecular weight excluding hydrogens is 126 g/mol. The molecule has 2 heteroatoms. The Bertz CT molecular complexity index is 112. The molecule has 0 aliphatic carbocycles. The summed E-state index contributed by atoms with van der Waals surface area (Å²) in [6.45, 7) is 7.16. The zero-order valence-corrected chi connectivity index (χ0v) is 6.93. The molecule has 1 saturated heterocycles. The van der Waals surface area contributed by atoms with E-state index >= 15 is 0 Å². The van der Waals surface area contributed by atoms with Gasteiger partial charge in [0.1, 0.15) is 0 Å². The summed E-state index contributed by atoms with van der Waals surface area (Å²) in [6, 6.07) is 0. The third kappa shape index (κ3) is 1.96. The Kier molecular flexibility index (Phi) is 2.32. The van der Waals surface area contributed by atoms with E-state index in [2.05, 4.69) is 11.8 Å². The van der Waals surface area contributed by atoms with Gasteiger partial charge in [-0.15, -0.1) is 0 Å². The van der Waals surface area contributed by atoms with Gasteiger partial charge in [0.2, 0.25) is 0 Å². The van der Waals surface area contributed by atoms with E-state index in [1.807, 2.05) is 6.92 Å². The van der Waals surface area contributed by atoms with Crippen LogP contribution in [0.5, 0.6) is 0 Å². The summed E-state index contributed by atoms with van der Waals surface area (Å²) in [7, 11) is 0. The van der Waals surface area contributed by atoms with Crippen LogP contribution in [-0.2, 0) is 0 Å². The van der Waals surface area contributed by atoms with Gasteiger partial charge in [-0.2, -0.15) is 0 Å². The quantitative estimate of drug-likeness (QED) is 0.619. The molecule has 0 amide bonds. The van der Waals surface area contributed by atoms with Crippen LogP contribution < -0.4 is 0 Å². The molecule has 10 heavy (non-hydrogen) atoms. The van der Waals surface area contributed by atoms with Gasteiger partial charge in [0.25, 0.3) is 0 Å². The van der Waals surface area contributed by atoms with Gasteiger partial charge in [-0.25, -0.2) is 0 Å². The zero-order valence-electron chi connectivity index (χ0n) is 6.93. The third-order valence-corrected chi connectivity index (χ3v) is 2.07. The van der Waals surface area contributed by atoms with Gasteiger partial charge in [-0.05, 0) is 26.3 Å². The number of rotatable bonds is 2. The van der Waals surface area contributed by atoms with Crippen LogP contribution in [0.3, 0.4) is 0 Å². The lowest BCUT2D eigenvalue weighted by atomic mass is 10.1. The van der Waals surface area contributed by atoms with Crippen molar-refractivity contribution < 1.29 is 5.11 Å². The van der Waals surface area contributed by atoms with Gasteiger partial charge >= 0.3 is 0 Å². The summed E-state index contributed by atoms with van der Waals surface area (Å²) < 4.78 is 0. The van der Waals surface area contributed by atoms with Crippen LogP contribution in [0.25, 0.3) is 0 Å². The van der Waals surface area contributed by atoms with E-state index in [1.54, 1.807) is 0 Å². The molecule has 1 aliphatic heterocycles. The molecule has 1 fully saturated rings. The SMILES string of the molecule is CCCN1CCC(C)(O)C1. The molecule has 0 radical (unpaired) electrons. The second kappa shape index (κ2) is 2.89. The highest BCUT2D eigenvalue weighted by Crippen LogP contribution is 2.19. The molecule has 0 aromatic heterocycles. The number of hydrogen-bond acceptors (Lipinski definition) is 2. The Hall–Kier alpha value is -0.0800. The standard InChI is InChI=1S/C8H17NO/c1-3-5-9-6-4-8(2,10)7-9/h10H,3-7H2,1-2H3. The smallest absolute Gasteiger partial charge is 0.0758 e. The van der Waals surface area contributed by atoms with Crippen molar-refractivity contribution in [2.24, 2.45) is 0 Å². The first-order chi connectivity index (χ1) is 4.64. The molecule has 2 nitrogen and oxygen atoms in total. The maximum atomic E-state index is 9.55. The van der Waals surface area contributed by atoms with Crippen molar-refractivity contribution in [1.82, 2.24) is 4.90 Å². The maximum Gasteiger partial charge on any atom is 0.0758 e. The Balaban J connectivity index is 2.29. The predicted molar refractivity (Wildman–Crippen MR) is 42.0 cm³/mol. The number of aliphatic hydroxyl groups is 1. The molecule has 0 spiro atoms. The molecule has 0 aromatic carbocycles. The topological polar surface area (TPSA) is 23.5 Å². The van der Waals surface area contributed by atoms with Crippen LogP contribution in [0, 0.1) is 0 Å². The first-order valence-corrected chi connectivity index (χ1v) is 4.09. The van der Waals surface area contributed by atoms with Crippen molar-refractivity contribution in [1.29, 1.82) is 0 Å². The lowest BCUT2D eigenvalue weighted by Gasteiger charge is -2.17. The molecule has 1 rings (SSSR count). The monoisotopic (exact) mass is 143 g/mol. The fourth-order valence-electron chi connectivity index (χ4n) is 1.55. The molecule has 1 heterocycles. The van der Waals surface area contributed by atoms with Gasteiger partial charge in [-0.1, -0.05) is 6.92 Å². The highest BCUT2D eigenvalue weighted by atomic mass is 16.3. The Morgan fingerprint density at radius 1 is 1.60 bits per heavy atom. The molecule has 1 aliphatic rings. The van der Waals surface area contributed by atoms with Crippen LogP contribution in [0.1, 0.15) is 26.7 Å². The molecule has 1 N–H and O–H groups in total. The van der Waals surface area contributed by atoms with E-state index in [1.165, 1.54) is 6.42 Å². The third-order valence-electron chi connectivity index (χ3n) is 2.07. The van der Waals surface area contributed by atoms with E-state index in [0.717, 1.165) is 26.1 Å². The molecular formula is C8H17NO. The Morgan fingerprint density at radius 2 is 2.30 bits per heavy atom. The van der Waals surface area contributed by atoms with Crippen LogP contribution in [0.15, 0.2) is 0 Å². The lowest BCUT2D eigenvalue weighted by Crippen LogP contribution is -2.29. The Labute approximate surface area is 62.8 Å². The first-order valence-electron chi connectivity index (χ1n) is 4.09. The molecule has 1 unspecified atom stereocenters. The minimum Gasteiger partial charge on any atom is -0.389 e. The first kappa shape index (κ1) is 8.02. The van der Waals surface area contributed by atoms with Gasteiger partial charge in [0, 0.05) is 13.1 Å². The summed E-state index contributed by atoms with van der Waals surface area (Å²) in [6.07, 6.45) is 2.13. The second-order valence-electron chi connectivity index (χ2n) is 3.52. The van der Waals surface area contributed by atoms with Gasteiger partial charge in [0.15, 0.2) is 0 Å². The van der Waals surface area contributed by atoms with E-state index in [4.69, 9.17) is 0 Å². The minimum atomic E-state index is -0.408. The highest BCUT2D eigenvalue weighted by Gasteiger charge is 2.30. The van der Waals surface area contributed by atoms with Crippen molar-refractivity contribution in [3.8, 4) is 0 Å². The highest BCUT2D eigenvalue weighted by molar-refractivity contribution is 4.85. The maximum absolute atomic E-state index is 9.55. The molecule has 0 aromatic rings. The summed E-state index contributed by atoms with van der Waals surface area (Å²) in [5.41, 5.74) is -0.408.